The first-order valence-corrected chi connectivity index (χ1v) is 11.9. The molecule has 0 aliphatic carbocycles. The van der Waals surface area contributed by atoms with Gasteiger partial charge in [0, 0.05) is 34.4 Å². The Morgan fingerprint density at radius 2 is 2.03 bits per heavy atom. The van der Waals surface area contributed by atoms with Gasteiger partial charge < -0.3 is 5.32 Å². The highest BCUT2D eigenvalue weighted by atomic mass is 32.2. The molecule has 0 saturated carbocycles. The molecule has 0 bridgehead atoms. The number of thioether (sulfide) groups is 1. The summed E-state index contributed by atoms with van der Waals surface area (Å²) in [6.45, 7) is 3.68. The highest BCUT2D eigenvalue weighted by molar-refractivity contribution is 7.98. The molecule has 0 unspecified atom stereocenters. The van der Waals surface area contributed by atoms with Crippen LogP contribution in [0.5, 0.6) is 0 Å². The van der Waals surface area contributed by atoms with Gasteiger partial charge >= 0.3 is 6.18 Å². The number of nitrogens with one attached hydrogen (secondary N) is 1. The van der Waals surface area contributed by atoms with Crippen LogP contribution in [0.2, 0.25) is 0 Å². The summed E-state index contributed by atoms with van der Waals surface area (Å²) in [6.07, 6.45) is -0.581. The zero-order valence-corrected chi connectivity index (χ0v) is 19.5. The van der Waals surface area contributed by atoms with Crippen molar-refractivity contribution >= 4 is 39.9 Å². The zero-order chi connectivity index (χ0) is 23.8. The summed E-state index contributed by atoms with van der Waals surface area (Å²) in [4.78, 5) is 26.4. The molecule has 0 atom stereocenters. The number of rotatable bonds is 6. The quantitative estimate of drug-likeness (QED) is 0.393. The Hall–Kier alpha value is -2.99. The normalized spacial score (nSPS) is 11.8. The van der Waals surface area contributed by atoms with Crippen molar-refractivity contribution in [1.29, 1.82) is 0 Å². The van der Waals surface area contributed by atoms with Crippen LogP contribution < -0.4 is 5.32 Å². The van der Waals surface area contributed by atoms with Gasteiger partial charge in [0.15, 0.2) is 5.13 Å². The number of aromatic nitrogens is 5. The number of benzene rings is 1. The summed E-state index contributed by atoms with van der Waals surface area (Å²) in [5.74, 6) is 0.213. The minimum absolute atomic E-state index is 0.0810. The van der Waals surface area contributed by atoms with Gasteiger partial charge in [0.2, 0.25) is 11.1 Å². The molecule has 0 aliphatic rings. The van der Waals surface area contributed by atoms with Gasteiger partial charge in [-0.15, -0.1) is 16.4 Å². The Labute approximate surface area is 195 Å². The summed E-state index contributed by atoms with van der Waals surface area (Å²) < 4.78 is 40.4. The Morgan fingerprint density at radius 1 is 1.24 bits per heavy atom. The van der Waals surface area contributed by atoms with Crippen LogP contribution in [0.15, 0.2) is 35.6 Å². The number of thiazole rings is 1. The summed E-state index contributed by atoms with van der Waals surface area (Å²) in [6, 6.07) is 5.18. The second-order valence-electron chi connectivity index (χ2n) is 7.30. The third-order valence-electron chi connectivity index (χ3n) is 4.98. The highest BCUT2D eigenvalue weighted by Crippen LogP contribution is 2.30. The lowest BCUT2D eigenvalue weighted by molar-refractivity contribution is -0.137. The molecule has 3 aromatic heterocycles. The Balaban J connectivity index is 1.45. The zero-order valence-electron chi connectivity index (χ0n) is 17.9. The van der Waals surface area contributed by atoms with Gasteiger partial charge in [0.1, 0.15) is 0 Å². The molecule has 0 aliphatic heterocycles. The molecular formula is C21H19F3N6OS2. The van der Waals surface area contributed by atoms with E-state index in [0.29, 0.717) is 33.7 Å². The average Bonchev–Trinajstić information content (AvgIpc) is 3.37. The second kappa shape index (κ2) is 9.10. The van der Waals surface area contributed by atoms with E-state index in [9.17, 15) is 18.0 Å². The molecule has 7 nitrogen and oxygen atoms in total. The predicted molar refractivity (Wildman–Crippen MR) is 121 cm³/mol. The summed E-state index contributed by atoms with van der Waals surface area (Å²) in [7, 11) is 0. The first-order chi connectivity index (χ1) is 15.6. The lowest BCUT2D eigenvalue weighted by Gasteiger charge is -2.09. The third-order valence-corrected chi connectivity index (χ3v) is 6.43. The number of halogens is 3. The van der Waals surface area contributed by atoms with Crippen LogP contribution in [0.4, 0.5) is 18.3 Å². The monoisotopic (exact) mass is 492 g/mol. The second-order valence-corrected chi connectivity index (χ2v) is 9.19. The maximum atomic E-state index is 12.9. The molecule has 1 amide bonds. The van der Waals surface area contributed by atoms with Crippen molar-refractivity contribution in [1.82, 2.24) is 24.6 Å². The Kier molecular flexibility index (Phi) is 6.39. The molecule has 0 radical (unpaired) electrons. The average molecular weight is 493 g/mol. The SMILES string of the molecule is CSc1nc2nc(C)c(CC(=O)Nc3ncc(Cc4cccc(C(F)(F)F)c4)s3)c(C)n2n1. The van der Waals surface area contributed by atoms with Gasteiger partial charge in [0.25, 0.3) is 5.78 Å². The number of anilines is 1. The van der Waals surface area contributed by atoms with E-state index in [1.807, 2.05) is 20.1 Å². The fraction of sp³-hybridized carbons (Fsp3) is 0.286. The van der Waals surface area contributed by atoms with Crippen LogP contribution in [0.3, 0.4) is 0 Å². The van der Waals surface area contributed by atoms with Gasteiger partial charge in [0.05, 0.1) is 12.0 Å². The van der Waals surface area contributed by atoms with E-state index >= 15 is 0 Å². The summed E-state index contributed by atoms with van der Waals surface area (Å²) in [5, 5.41) is 8.13. The lowest BCUT2D eigenvalue weighted by Crippen LogP contribution is -2.17. The molecule has 12 heteroatoms. The molecule has 4 aromatic rings. The van der Waals surface area contributed by atoms with Gasteiger partial charge in [-0.3, -0.25) is 4.79 Å². The van der Waals surface area contributed by atoms with Crippen molar-refractivity contribution in [2.75, 3.05) is 11.6 Å². The van der Waals surface area contributed by atoms with E-state index in [1.165, 1.54) is 29.2 Å². The van der Waals surface area contributed by atoms with Crippen molar-refractivity contribution in [2.45, 2.75) is 38.0 Å². The topological polar surface area (TPSA) is 85.1 Å². The van der Waals surface area contributed by atoms with Crippen LogP contribution in [-0.2, 0) is 23.8 Å². The van der Waals surface area contributed by atoms with Crippen molar-refractivity contribution in [2.24, 2.45) is 0 Å². The van der Waals surface area contributed by atoms with Gasteiger partial charge in [-0.25, -0.2) is 14.5 Å². The minimum Gasteiger partial charge on any atom is -0.302 e. The maximum absolute atomic E-state index is 12.9. The van der Waals surface area contributed by atoms with Crippen LogP contribution >= 0.6 is 23.1 Å². The summed E-state index contributed by atoms with van der Waals surface area (Å²) >= 11 is 2.64. The number of alkyl halides is 3. The molecule has 0 saturated heterocycles. The Morgan fingerprint density at radius 3 is 2.76 bits per heavy atom. The minimum atomic E-state index is -4.39. The molecule has 172 valence electrons. The van der Waals surface area contributed by atoms with Crippen LogP contribution in [0.1, 0.15) is 33.0 Å². The van der Waals surface area contributed by atoms with Crippen molar-refractivity contribution in [3.8, 4) is 0 Å². The van der Waals surface area contributed by atoms with Gasteiger partial charge in [-0.2, -0.15) is 18.2 Å². The largest absolute Gasteiger partial charge is 0.416 e. The molecule has 1 N–H and O–H groups in total. The molecule has 3 heterocycles. The van der Waals surface area contributed by atoms with Crippen molar-refractivity contribution < 1.29 is 18.0 Å². The van der Waals surface area contributed by atoms with E-state index < -0.39 is 11.7 Å². The molecule has 0 spiro atoms. The molecule has 33 heavy (non-hydrogen) atoms. The molecule has 4 rings (SSSR count). The fourth-order valence-electron chi connectivity index (χ4n) is 3.36. The van der Waals surface area contributed by atoms with E-state index in [2.05, 4.69) is 25.4 Å². The van der Waals surface area contributed by atoms with E-state index in [1.54, 1.807) is 16.8 Å². The van der Waals surface area contributed by atoms with E-state index in [4.69, 9.17) is 0 Å². The number of hydrogen-bond donors (Lipinski definition) is 1. The van der Waals surface area contributed by atoms with Gasteiger partial charge in [-0.1, -0.05) is 30.0 Å². The van der Waals surface area contributed by atoms with Crippen LogP contribution in [0, 0.1) is 13.8 Å². The van der Waals surface area contributed by atoms with Crippen molar-refractivity contribution in [3.05, 3.63) is 63.4 Å². The number of carbonyl (C=O) groups is 1. The van der Waals surface area contributed by atoms with E-state index in [-0.39, 0.29) is 12.3 Å². The van der Waals surface area contributed by atoms with Crippen LogP contribution in [0.25, 0.3) is 5.78 Å². The summed E-state index contributed by atoms with van der Waals surface area (Å²) in [5.41, 5.74) is 2.06. The van der Waals surface area contributed by atoms with Crippen molar-refractivity contribution in [3.63, 3.8) is 0 Å². The number of nitrogens with zero attached hydrogens (tertiary/aromatic N) is 5. The molecule has 0 fully saturated rings. The maximum Gasteiger partial charge on any atom is 0.416 e. The first kappa shape index (κ1) is 23.2. The number of fused-ring (bicyclic) bond motifs is 1. The smallest absolute Gasteiger partial charge is 0.302 e. The lowest BCUT2D eigenvalue weighted by atomic mass is 10.1. The standard InChI is InChI=1S/C21H19F3N6OS2/c1-11-16(12(2)30-18(26-11)28-20(29-30)32-3)9-17(31)27-19-25-10-15(33-19)8-13-5-4-6-14(7-13)21(22,23)24/h4-7,10H,8-9H2,1-3H3,(H,25,27,31). The van der Waals surface area contributed by atoms with E-state index in [0.717, 1.165) is 28.3 Å². The number of carbonyl (C=O) groups excluding carboxylic acids is 1. The number of aryl methyl sites for hydroxylation is 2. The third kappa shape index (κ3) is 5.17. The predicted octanol–water partition coefficient (Wildman–Crippen LogP) is 4.71. The Bertz CT molecular complexity index is 1330. The number of hydrogen-bond acceptors (Lipinski definition) is 7. The molecular weight excluding hydrogens is 473 g/mol. The number of amides is 1. The fourth-order valence-corrected chi connectivity index (χ4v) is 4.56. The highest BCUT2D eigenvalue weighted by Gasteiger charge is 2.30. The first-order valence-electron chi connectivity index (χ1n) is 9.81. The molecule has 1 aromatic carbocycles. The van der Waals surface area contributed by atoms with Gasteiger partial charge in [-0.05, 0) is 31.7 Å². The van der Waals surface area contributed by atoms with Crippen LogP contribution in [-0.4, -0.2) is 36.7 Å².